The molecule has 0 aromatic carbocycles. The van der Waals surface area contributed by atoms with Gasteiger partial charge >= 0.3 is 0 Å². The molecule has 64 valence electrons. The van der Waals surface area contributed by atoms with Crippen molar-refractivity contribution in [3.63, 3.8) is 0 Å². The summed E-state index contributed by atoms with van der Waals surface area (Å²) in [6.45, 7) is 3.29. The molecule has 0 aliphatic rings. The van der Waals surface area contributed by atoms with Crippen LogP contribution in [0.15, 0.2) is 0 Å². The van der Waals surface area contributed by atoms with Crippen LogP contribution in [0, 0.1) is 0 Å². The summed E-state index contributed by atoms with van der Waals surface area (Å²) in [5, 5.41) is 12.7. The van der Waals surface area contributed by atoms with Gasteiger partial charge in [0.15, 0.2) is 0 Å². The van der Waals surface area contributed by atoms with Crippen LogP contribution in [0.3, 0.4) is 0 Å². The van der Waals surface area contributed by atoms with Gasteiger partial charge in [0.2, 0.25) is 0 Å². The van der Waals surface area contributed by atoms with Gasteiger partial charge in [-0.25, -0.2) is 0 Å². The summed E-state index contributed by atoms with van der Waals surface area (Å²) in [7, 11) is 0. The van der Waals surface area contributed by atoms with Gasteiger partial charge in [-0.05, 0) is 13.8 Å². The van der Waals surface area contributed by atoms with Crippen molar-refractivity contribution in [3.8, 4) is 0 Å². The first-order valence-corrected chi connectivity index (χ1v) is 3.36. The SMILES string of the molecule is CC(C)(CC=O)NCC(=O)[O-]. The predicted octanol–water partition coefficient (Wildman–Crippen LogP) is -1.31. The lowest BCUT2D eigenvalue weighted by molar-refractivity contribution is -0.304. The average molecular weight is 158 g/mol. The second-order valence-electron chi connectivity index (χ2n) is 2.98. The van der Waals surface area contributed by atoms with E-state index >= 15 is 0 Å². The Balaban J connectivity index is 3.71. The van der Waals surface area contributed by atoms with Gasteiger partial charge in [-0.1, -0.05) is 0 Å². The first kappa shape index (κ1) is 10.1. The Morgan fingerprint density at radius 1 is 1.64 bits per heavy atom. The highest BCUT2D eigenvalue weighted by Crippen LogP contribution is 2.04. The van der Waals surface area contributed by atoms with Crippen molar-refractivity contribution in [2.75, 3.05) is 6.54 Å². The molecule has 0 aromatic heterocycles. The third kappa shape index (κ3) is 5.54. The lowest BCUT2D eigenvalue weighted by Crippen LogP contribution is -2.46. The molecule has 1 N–H and O–H groups in total. The maximum Gasteiger partial charge on any atom is 0.121 e. The van der Waals surface area contributed by atoms with Crippen molar-refractivity contribution in [1.82, 2.24) is 5.32 Å². The van der Waals surface area contributed by atoms with Crippen molar-refractivity contribution < 1.29 is 14.7 Å². The number of aldehydes is 1. The number of hydrogen-bond donors (Lipinski definition) is 1. The minimum absolute atomic E-state index is 0.221. The fourth-order valence-corrected chi connectivity index (χ4v) is 0.592. The Bertz CT molecular complexity index is 154. The van der Waals surface area contributed by atoms with Gasteiger partial charge < -0.3 is 20.0 Å². The third-order valence-electron chi connectivity index (χ3n) is 1.30. The van der Waals surface area contributed by atoms with E-state index in [4.69, 9.17) is 0 Å². The topological polar surface area (TPSA) is 69.2 Å². The summed E-state index contributed by atoms with van der Waals surface area (Å²) in [5.74, 6) is -1.16. The zero-order chi connectivity index (χ0) is 8.91. The Morgan fingerprint density at radius 3 is 2.55 bits per heavy atom. The molecule has 4 heteroatoms. The lowest BCUT2D eigenvalue weighted by Gasteiger charge is -2.23. The van der Waals surface area contributed by atoms with Crippen molar-refractivity contribution in [1.29, 1.82) is 0 Å². The number of carbonyl (C=O) groups excluding carboxylic acids is 2. The summed E-state index contributed by atoms with van der Waals surface area (Å²) in [4.78, 5) is 20.1. The maximum absolute atomic E-state index is 10.1. The summed E-state index contributed by atoms with van der Waals surface area (Å²) in [5.41, 5.74) is -0.457. The van der Waals surface area contributed by atoms with Crippen molar-refractivity contribution in [3.05, 3.63) is 0 Å². The maximum atomic E-state index is 10.1. The molecular formula is C7H12NO3-. The standard InChI is InChI=1S/C7H13NO3/c1-7(2,3-4-9)8-5-6(10)11/h4,8H,3,5H2,1-2H3,(H,10,11)/p-1. The van der Waals surface area contributed by atoms with Gasteiger partial charge in [-0.2, -0.15) is 0 Å². The van der Waals surface area contributed by atoms with E-state index < -0.39 is 11.5 Å². The van der Waals surface area contributed by atoms with Crippen LogP contribution >= 0.6 is 0 Å². The Hall–Kier alpha value is -0.900. The summed E-state index contributed by atoms with van der Waals surface area (Å²) in [6.07, 6.45) is 1.04. The van der Waals surface area contributed by atoms with Crippen molar-refractivity contribution in [2.24, 2.45) is 0 Å². The molecule has 0 aliphatic heterocycles. The molecule has 0 atom stereocenters. The van der Waals surface area contributed by atoms with E-state index in [0.717, 1.165) is 6.29 Å². The molecule has 0 aliphatic carbocycles. The average Bonchev–Trinajstić information content (AvgIpc) is 1.84. The van der Waals surface area contributed by atoms with E-state index in [1.807, 2.05) is 0 Å². The van der Waals surface area contributed by atoms with Gasteiger partial charge in [0.1, 0.15) is 6.29 Å². The lowest BCUT2D eigenvalue weighted by atomic mass is 10.0. The summed E-state index contributed by atoms with van der Waals surface area (Å²) < 4.78 is 0. The first-order chi connectivity index (χ1) is 4.98. The van der Waals surface area contributed by atoms with Gasteiger partial charge in [0.05, 0.1) is 5.97 Å². The molecule has 0 saturated carbocycles. The molecule has 11 heavy (non-hydrogen) atoms. The number of hydrogen-bond acceptors (Lipinski definition) is 4. The fraction of sp³-hybridized carbons (Fsp3) is 0.714. The second-order valence-corrected chi connectivity index (χ2v) is 2.98. The highest BCUT2D eigenvalue weighted by molar-refractivity contribution is 5.66. The molecule has 0 heterocycles. The Kier molecular flexibility index (Phi) is 3.74. The van der Waals surface area contributed by atoms with Gasteiger partial charge in [0, 0.05) is 18.5 Å². The van der Waals surface area contributed by atoms with Crippen LogP contribution in [0.5, 0.6) is 0 Å². The van der Waals surface area contributed by atoms with Gasteiger partial charge in [-0.15, -0.1) is 0 Å². The minimum atomic E-state index is -1.16. The Morgan fingerprint density at radius 2 is 2.18 bits per heavy atom. The minimum Gasteiger partial charge on any atom is -0.549 e. The normalized spacial score (nSPS) is 11.1. The highest BCUT2D eigenvalue weighted by Gasteiger charge is 2.14. The molecular weight excluding hydrogens is 146 g/mol. The quantitative estimate of drug-likeness (QED) is 0.504. The smallest absolute Gasteiger partial charge is 0.121 e. The number of carbonyl (C=O) groups is 2. The number of nitrogens with one attached hydrogen (secondary N) is 1. The van der Waals surface area contributed by atoms with Crippen LogP contribution in [0.1, 0.15) is 20.3 Å². The van der Waals surface area contributed by atoms with Crippen LogP contribution in [0.4, 0.5) is 0 Å². The zero-order valence-electron chi connectivity index (χ0n) is 6.72. The van der Waals surface area contributed by atoms with Crippen LogP contribution in [0.2, 0.25) is 0 Å². The molecule has 4 nitrogen and oxygen atoms in total. The molecule has 0 spiro atoms. The highest BCUT2D eigenvalue weighted by atomic mass is 16.4. The van der Waals surface area contributed by atoms with E-state index in [-0.39, 0.29) is 6.54 Å². The first-order valence-electron chi connectivity index (χ1n) is 3.36. The predicted molar refractivity (Wildman–Crippen MR) is 37.8 cm³/mol. The molecule has 0 aromatic rings. The molecule has 0 unspecified atom stereocenters. The van der Waals surface area contributed by atoms with Crippen LogP contribution in [-0.2, 0) is 9.59 Å². The summed E-state index contributed by atoms with van der Waals surface area (Å²) >= 11 is 0. The van der Waals surface area contributed by atoms with Gasteiger partial charge in [0.25, 0.3) is 0 Å². The van der Waals surface area contributed by atoms with Crippen LogP contribution in [-0.4, -0.2) is 24.3 Å². The van der Waals surface area contributed by atoms with Crippen molar-refractivity contribution >= 4 is 12.3 Å². The molecule has 0 bridgehead atoms. The molecule has 0 amide bonds. The molecule has 0 radical (unpaired) electrons. The fourth-order valence-electron chi connectivity index (χ4n) is 0.592. The van der Waals surface area contributed by atoms with E-state index in [0.29, 0.717) is 6.42 Å². The van der Waals surface area contributed by atoms with Crippen LogP contribution < -0.4 is 10.4 Å². The number of aliphatic carboxylic acids is 1. The Labute approximate surface area is 65.6 Å². The van der Waals surface area contributed by atoms with E-state index in [2.05, 4.69) is 5.32 Å². The second kappa shape index (κ2) is 4.08. The van der Waals surface area contributed by atoms with E-state index in [1.54, 1.807) is 13.8 Å². The number of carboxylic acids is 1. The zero-order valence-corrected chi connectivity index (χ0v) is 6.72. The van der Waals surface area contributed by atoms with Crippen molar-refractivity contribution in [2.45, 2.75) is 25.8 Å². The van der Waals surface area contributed by atoms with E-state index in [9.17, 15) is 14.7 Å². The van der Waals surface area contributed by atoms with E-state index in [1.165, 1.54) is 0 Å². The summed E-state index contributed by atoms with van der Waals surface area (Å²) in [6, 6.07) is 0. The van der Waals surface area contributed by atoms with Gasteiger partial charge in [-0.3, -0.25) is 0 Å². The monoisotopic (exact) mass is 158 g/mol. The van der Waals surface area contributed by atoms with Crippen LogP contribution in [0.25, 0.3) is 0 Å². The molecule has 0 fully saturated rings. The largest absolute Gasteiger partial charge is 0.549 e. The third-order valence-corrected chi connectivity index (χ3v) is 1.30. The molecule has 0 rings (SSSR count). The number of rotatable bonds is 5. The molecule has 0 saturated heterocycles. The number of carboxylic acid groups (broad SMARTS) is 1.